The molecule has 2 aromatic rings. The summed E-state index contributed by atoms with van der Waals surface area (Å²) in [5.74, 6) is 0.494. The van der Waals surface area contributed by atoms with E-state index in [9.17, 15) is 9.59 Å². The molecule has 0 N–H and O–H groups in total. The van der Waals surface area contributed by atoms with Crippen LogP contribution in [0.4, 0.5) is 0 Å². The number of benzene rings is 1. The number of carbonyl (C=O) groups excluding carboxylic acids is 2. The van der Waals surface area contributed by atoms with Crippen LogP contribution in [-0.4, -0.2) is 29.5 Å². The van der Waals surface area contributed by atoms with Crippen molar-refractivity contribution in [3.05, 3.63) is 53.5 Å². The number of esters is 1. The van der Waals surface area contributed by atoms with Crippen molar-refractivity contribution in [3.63, 3.8) is 0 Å². The summed E-state index contributed by atoms with van der Waals surface area (Å²) in [6.45, 7) is 1.84. The second-order valence-corrected chi connectivity index (χ2v) is 5.24. The van der Waals surface area contributed by atoms with E-state index < -0.39 is 5.97 Å². The van der Waals surface area contributed by atoms with Crippen LogP contribution in [-0.2, 0) is 16.6 Å². The molecule has 0 saturated heterocycles. The van der Waals surface area contributed by atoms with E-state index >= 15 is 0 Å². The Labute approximate surface area is 139 Å². The van der Waals surface area contributed by atoms with E-state index in [0.29, 0.717) is 23.7 Å². The molecule has 0 fully saturated rings. The number of hydrogen-bond acceptors (Lipinski definition) is 5. The Balaban J connectivity index is 1.76. The van der Waals surface area contributed by atoms with Crippen molar-refractivity contribution in [2.24, 2.45) is 7.05 Å². The number of aryl methyl sites for hydroxylation is 1. The summed E-state index contributed by atoms with van der Waals surface area (Å²) < 4.78 is 17.7. The number of Topliss-reactive ketones (excluding diaryl/α,β-unsaturated/α-hetero) is 1. The molecule has 1 aliphatic rings. The topological polar surface area (TPSA) is 66.8 Å². The lowest BCUT2D eigenvalue weighted by Crippen LogP contribution is -2.14. The van der Waals surface area contributed by atoms with Crippen LogP contribution in [0.2, 0.25) is 0 Å². The standard InChI is InChI=1S/C18H17NO5/c1-3-22-17(20)11-23-13-6-7-14-15(10-13)24-16(18(14)21)9-12-5-4-8-19(12)2/h4-10H,3,11H2,1-2H3/b16-9-. The smallest absolute Gasteiger partial charge is 0.344 e. The number of fused-ring (bicyclic) bond motifs is 1. The van der Waals surface area contributed by atoms with Gasteiger partial charge in [0.25, 0.3) is 0 Å². The number of carbonyl (C=O) groups is 2. The molecule has 0 spiro atoms. The minimum Gasteiger partial charge on any atom is -0.482 e. The van der Waals surface area contributed by atoms with Crippen LogP contribution >= 0.6 is 0 Å². The van der Waals surface area contributed by atoms with E-state index in [1.807, 2.05) is 29.9 Å². The first-order valence-corrected chi connectivity index (χ1v) is 7.56. The van der Waals surface area contributed by atoms with Crippen LogP contribution in [0.15, 0.2) is 42.3 Å². The van der Waals surface area contributed by atoms with Gasteiger partial charge in [-0.05, 0) is 31.2 Å². The lowest BCUT2D eigenvalue weighted by Gasteiger charge is -2.06. The summed E-state index contributed by atoms with van der Waals surface area (Å²) in [4.78, 5) is 23.7. The molecule has 6 heteroatoms. The van der Waals surface area contributed by atoms with Gasteiger partial charge in [-0.25, -0.2) is 4.79 Å². The molecule has 3 rings (SSSR count). The van der Waals surface area contributed by atoms with E-state index in [4.69, 9.17) is 14.2 Å². The highest BCUT2D eigenvalue weighted by Crippen LogP contribution is 2.34. The first kappa shape index (κ1) is 15.9. The molecular weight excluding hydrogens is 310 g/mol. The third-order valence-corrected chi connectivity index (χ3v) is 3.57. The van der Waals surface area contributed by atoms with Gasteiger partial charge in [0.15, 0.2) is 12.4 Å². The maximum absolute atomic E-state index is 12.4. The van der Waals surface area contributed by atoms with E-state index in [1.54, 1.807) is 31.2 Å². The fourth-order valence-corrected chi connectivity index (χ4v) is 2.36. The van der Waals surface area contributed by atoms with E-state index in [-0.39, 0.29) is 18.1 Å². The summed E-state index contributed by atoms with van der Waals surface area (Å²) in [7, 11) is 1.89. The summed E-state index contributed by atoms with van der Waals surface area (Å²) in [5, 5.41) is 0. The van der Waals surface area contributed by atoms with Crippen LogP contribution in [0.1, 0.15) is 23.0 Å². The maximum Gasteiger partial charge on any atom is 0.344 e. The molecule has 0 aliphatic carbocycles. The fraction of sp³-hybridized carbons (Fsp3) is 0.222. The molecule has 0 bridgehead atoms. The van der Waals surface area contributed by atoms with Crippen LogP contribution in [0, 0.1) is 0 Å². The minimum absolute atomic E-state index is 0.178. The van der Waals surface area contributed by atoms with Gasteiger partial charge in [-0.2, -0.15) is 0 Å². The molecule has 0 atom stereocenters. The van der Waals surface area contributed by atoms with Crippen molar-refractivity contribution in [2.75, 3.05) is 13.2 Å². The number of nitrogens with zero attached hydrogens (tertiary/aromatic N) is 1. The van der Waals surface area contributed by atoms with Gasteiger partial charge in [-0.1, -0.05) is 0 Å². The monoisotopic (exact) mass is 327 g/mol. The molecule has 0 unspecified atom stereocenters. The van der Waals surface area contributed by atoms with Gasteiger partial charge in [0.05, 0.1) is 12.2 Å². The number of allylic oxidation sites excluding steroid dienone is 1. The largest absolute Gasteiger partial charge is 0.482 e. The SMILES string of the molecule is CCOC(=O)COc1ccc2c(c1)O/C(=C\c1cccn1C)C2=O. The lowest BCUT2D eigenvalue weighted by atomic mass is 10.1. The average molecular weight is 327 g/mol. The highest BCUT2D eigenvalue weighted by atomic mass is 16.6. The number of hydrogen-bond donors (Lipinski definition) is 0. The van der Waals surface area contributed by atoms with Crippen molar-refractivity contribution in [2.45, 2.75) is 6.92 Å². The van der Waals surface area contributed by atoms with Crippen LogP contribution in [0.5, 0.6) is 11.5 Å². The number of ketones is 1. The predicted molar refractivity (Wildman–Crippen MR) is 86.9 cm³/mol. The summed E-state index contributed by atoms with van der Waals surface area (Å²) in [6.07, 6.45) is 3.59. The molecule has 24 heavy (non-hydrogen) atoms. The molecule has 0 radical (unpaired) electrons. The van der Waals surface area contributed by atoms with Crippen LogP contribution in [0.3, 0.4) is 0 Å². The zero-order chi connectivity index (χ0) is 17.1. The Morgan fingerprint density at radius 2 is 2.17 bits per heavy atom. The quantitative estimate of drug-likeness (QED) is 0.624. The highest BCUT2D eigenvalue weighted by molar-refractivity contribution is 6.14. The molecular formula is C18H17NO5. The van der Waals surface area contributed by atoms with Gasteiger partial charge >= 0.3 is 5.97 Å². The summed E-state index contributed by atoms with van der Waals surface area (Å²) in [6, 6.07) is 8.63. The van der Waals surface area contributed by atoms with Gasteiger partial charge in [-0.3, -0.25) is 4.79 Å². The Bertz CT molecular complexity index is 819. The molecule has 6 nitrogen and oxygen atoms in total. The molecule has 1 aliphatic heterocycles. The summed E-state index contributed by atoms with van der Waals surface area (Å²) in [5.41, 5.74) is 1.34. The third-order valence-electron chi connectivity index (χ3n) is 3.57. The second-order valence-electron chi connectivity index (χ2n) is 5.24. The van der Waals surface area contributed by atoms with E-state index in [2.05, 4.69) is 0 Å². The third kappa shape index (κ3) is 3.17. The zero-order valence-electron chi connectivity index (χ0n) is 13.4. The molecule has 124 valence electrons. The molecule has 1 aromatic heterocycles. The predicted octanol–water partition coefficient (Wildman–Crippen LogP) is 2.58. The lowest BCUT2D eigenvalue weighted by molar-refractivity contribution is -0.145. The van der Waals surface area contributed by atoms with Crippen molar-refractivity contribution in [1.29, 1.82) is 0 Å². The van der Waals surface area contributed by atoms with Crippen molar-refractivity contribution in [3.8, 4) is 11.5 Å². The Morgan fingerprint density at radius 1 is 1.33 bits per heavy atom. The first-order chi connectivity index (χ1) is 11.6. The van der Waals surface area contributed by atoms with Crippen LogP contribution in [0.25, 0.3) is 6.08 Å². The molecule has 1 aromatic carbocycles. The summed E-state index contributed by atoms with van der Waals surface area (Å²) >= 11 is 0. The van der Waals surface area contributed by atoms with Gasteiger partial charge < -0.3 is 18.8 Å². The first-order valence-electron chi connectivity index (χ1n) is 7.56. The number of rotatable bonds is 5. The van der Waals surface area contributed by atoms with Gasteiger partial charge in [0, 0.05) is 31.1 Å². The Kier molecular flexibility index (Phi) is 4.37. The number of aromatic nitrogens is 1. The maximum atomic E-state index is 12.4. The Hall–Kier alpha value is -3.02. The zero-order valence-corrected chi connectivity index (χ0v) is 13.4. The van der Waals surface area contributed by atoms with Gasteiger partial charge in [0.1, 0.15) is 11.5 Å². The van der Waals surface area contributed by atoms with Crippen molar-refractivity contribution in [1.82, 2.24) is 4.57 Å². The van der Waals surface area contributed by atoms with E-state index in [0.717, 1.165) is 5.69 Å². The minimum atomic E-state index is -0.445. The second kappa shape index (κ2) is 6.62. The fourth-order valence-electron chi connectivity index (χ4n) is 2.36. The average Bonchev–Trinajstić information content (AvgIpc) is 3.10. The molecule has 2 heterocycles. The van der Waals surface area contributed by atoms with Gasteiger partial charge in [0.2, 0.25) is 5.78 Å². The Morgan fingerprint density at radius 3 is 2.88 bits per heavy atom. The van der Waals surface area contributed by atoms with Crippen molar-refractivity contribution >= 4 is 17.8 Å². The normalized spacial score (nSPS) is 14.4. The van der Waals surface area contributed by atoms with Gasteiger partial charge in [-0.15, -0.1) is 0 Å². The van der Waals surface area contributed by atoms with Crippen molar-refractivity contribution < 1.29 is 23.8 Å². The number of ether oxygens (including phenoxy) is 3. The highest BCUT2D eigenvalue weighted by Gasteiger charge is 2.28. The molecule has 0 saturated carbocycles. The van der Waals surface area contributed by atoms with E-state index in [1.165, 1.54) is 0 Å². The molecule has 0 amide bonds. The van der Waals surface area contributed by atoms with Crippen LogP contribution < -0.4 is 9.47 Å².